The van der Waals surface area contributed by atoms with Gasteiger partial charge in [0.05, 0.1) is 0 Å². The zero-order valence-corrected chi connectivity index (χ0v) is 21.9. The van der Waals surface area contributed by atoms with Gasteiger partial charge in [-0.1, -0.05) is 32.1 Å². The van der Waals surface area contributed by atoms with E-state index in [1.165, 1.54) is 21.6 Å². The highest BCUT2D eigenvalue weighted by Gasteiger charge is 2.21. The molecule has 3 amide bonds. The summed E-state index contributed by atoms with van der Waals surface area (Å²) in [6.07, 6.45) is 4.31. The van der Waals surface area contributed by atoms with Crippen molar-refractivity contribution in [1.82, 2.24) is 19.8 Å². The normalized spacial score (nSPS) is 12.1. The van der Waals surface area contributed by atoms with E-state index in [-0.39, 0.29) is 31.0 Å². The Balaban J connectivity index is 1.74. The molecule has 3 rings (SSSR count). The van der Waals surface area contributed by atoms with E-state index in [0.717, 1.165) is 17.5 Å². The minimum absolute atomic E-state index is 0.00961. The topological polar surface area (TPSA) is 147 Å². The standard InChI is InChI=1S/C27H33N5O6/c1-17(2)15-18-9-7-12-21-24(18)30-22(38-21)16-32-14-8-11-20(26(32)35)28-25(34)19(29-27(36)37)10-5-6-13-23(33)31(3)4/h6-9,11-14,17,19,29H,5,10,15-16H2,1-4H3,(H,28,34)(H,36,37). The Hall–Kier alpha value is -4.41. The first-order valence-corrected chi connectivity index (χ1v) is 12.3. The number of fused-ring (bicyclic) bond motifs is 1. The number of rotatable bonds is 11. The van der Waals surface area contributed by atoms with Gasteiger partial charge in [-0.25, -0.2) is 9.78 Å². The summed E-state index contributed by atoms with van der Waals surface area (Å²) in [5.74, 6) is -0.113. The number of carboxylic acid groups (broad SMARTS) is 1. The van der Waals surface area contributed by atoms with Gasteiger partial charge in [0.1, 0.15) is 23.8 Å². The predicted octanol–water partition coefficient (Wildman–Crippen LogP) is 3.24. The highest BCUT2D eigenvalue weighted by molar-refractivity contribution is 5.96. The molecule has 2 aromatic heterocycles. The molecule has 0 saturated heterocycles. The molecule has 0 radical (unpaired) electrons. The number of benzene rings is 1. The van der Waals surface area contributed by atoms with Crippen LogP contribution in [0, 0.1) is 5.92 Å². The number of nitrogens with one attached hydrogen (secondary N) is 2. The summed E-state index contributed by atoms with van der Waals surface area (Å²) in [6.45, 7) is 4.30. The first-order chi connectivity index (χ1) is 18.0. The summed E-state index contributed by atoms with van der Waals surface area (Å²) in [5, 5.41) is 13.8. The van der Waals surface area contributed by atoms with Crippen LogP contribution in [0.2, 0.25) is 0 Å². The van der Waals surface area contributed by atoms with Crippen LogP contribution in [-0.2, 0) is 22.6 Å². The predicted molar refractivity (Wildman–Crippen MR) is 143 cm³/mol. The van der Waals surface area contributed by atoms with Crippen molar-refractivity contribution in [3.8, 4) is 0 Å². The number of pyridine rings is 1. The molecular formula is C27H33N5O6. The lowest BCUT2D eigenvalue weighted by molar-refractivity contribution is -0.123. The molecule has 0 spiro atoms. The number of anilines is 1. The summed E-state index contributed by atoms with van der Waals surface area (Å²) < 4.78 is 7.23. The van der Waals surface area contributed by atoms with Crippen LogP contribution in [0.15, 0.2) is 57.9 Å². The number of oxazole rings is 1. The third-order valence-corrected chi connectivity index (χ3v) is 5.70. The van der Waals surface area contributed by atoms with E-state index in [0.29, 0.717) is 17.4 Å². The van der Waals surface area contributed by atoms with E-state index in [4.69, 9.17) is 9.52 Å². The van der Waals surface area contributed by atoms with E-state index in [1.54, 1.807) is 32.4 Å². The lowest BCUT2D eigenvalue weighted by Crippen LogP contribution is -2.44. The average molecular weight is 524 g/mol. The molecule has 1 atom stereocenters. The van der Waals surface area contributed by atoms with Crippen LogP contribution in [0.1, 0.15) is 38.1 Å². The van der Waals surface area contributed by atoms with Gasteiger partial charge in [0, 0.05) is 20.3 Å². The molecule has 11 nitrogen and oxygen atoms in total. The molecule has 2 heterocycles. The van der Waals surface area contributed by atoms with Gasteiger partial charge in [-0.3, -0.25) is 14.4 Å². The van der Waals surface area contributed by atoms with Crippen LogP contribution in [0.4, 0.5) is 10.5 Å². The van der Waals surface area contributed by atoms with Gasteiger partial charge in [-0.15, -0.1) is 0 Å². The van der Waals surface area contributed by atoms with Crippen LogP contribution in [0.5, 0.6) is 0 Å². The number of carbonyl (C=O) groups is 3. The van der Waals surface area contributed by atoms with Crippen molar-refractivity contribution in [2.24, 2.45) is 5.92 Å². The highest BCUT2D eigenvalue weighted by Crippen LogP contribution is 2.22. The monoisotopic (exact) mass is 523 g/mol. The fraction of sp³-hybridized carbons (Fsp3) is 0.370. The quantitative estimate of drug-likeness (QED) is 0.327. The van der Waals surface area contributed by atoms with Crippen molar-refractivity contribution in [3.63, 3.8) is 0 Å². The van der Waals surface area contributed by atoms with Crippen molar-refractivity contribution >= 4 is 34.7 Å². The second-order valence-electron chi connectivity index (χ2n) is 9.53. The minimum Gasteiger partial charge on any atom is -0.465 e. The minimum atomic E-state index is -1.38. The fourth-order valence-electron chi connectivity index (χ4n) is 3.86. The van der Waals surface area contributed by atoms with E-state index >= 15 is 0 Å². The molecule has 38 heavy (non-hydrogen) atoms. The Kier molecular flexibility index (Phi) is 9.42. The molecule has 3 N–H and O–H groups in total. The second-order valence-corrected chi connectivity index (χ2v) is 9.53. The van der Waals surface area contributed by atoms with Crippen molar-refractivity contribution in [3.05, 3.63) is 70.5 Å². The van der Waals surface area contributed by atoms with Gasteiger partial charge in [-0.05, 0) is 55.0 Å². The highest BCUT2D eigenvalue weighted by atomic mass is 16.4. The molecule has 0 aliphatic rings. The van der Waals surface area contributed by atoms with Gasteiger partial charge >= 0.3 is 6.09 Å². The maximum Gasteiger partial charge on any atom is 0.405 e. The van der Waals surface area contributed by atoms with Gasteiger partial charge in [0.15, 0.2) is 5.58 Å². The number of amides is 3. The summed E-state index contributed by atoms with van der Waals surface area (Å²) >= 11 is 0. The third-order valence-electron chi connectivity index (χ3n) is 5.70. The van der Waals surface area contributed by atoms with Gasteiger partial charge in [0.25, 0.3) is 5.56 Å². The second kappa shape index (κ2) is 12.7. The van der Waals surface area contributed by atoms with Crippen LogP contribution in [0.25, 0.3) is 11.1 Å². The molecule has 11 heteroatoms. The first kappa shape index (κ1) is 28.2. The van der Waals surface area contributed by atoms with Gasteiger partial charge in [0.2, 0.25) is 17.7 Å². The lowest BCUT2D eigenvalue weighted by Gasteiger charge is -2.16. The van der Waals surface area contributed by atoms with E-state index in [2.05, 4.69) is 29.5 Å². The fourth-order valence-corrected chi connectivity index (χ4v) is 3.86. The summed E-state index contributed by atoms with van der Waals surface area (Å²) in [6, 6.07) is 7.66. The number of allylic oxidation sites excluding steroid dienone is 1. The van der Waals surface area contributed by atoms with Crippen LogP contribution in [0.3, 0.4) is 0 Å². The molecule has 0 fully saturated rings. The Morgan fingerprint density at radius 2 is 1.95 bits per heavy atom. The van der Waals surface area contributed by atoms with E-state index < -0.39 is 23.6 Å². The van der Waals surface area contributed by atoms with Crippen molar-refractivity contribution in [2.75, 3.05) is 19.4 Å². The van der Waals surface area contributed by atoms with E-state index in [1.807, 2.05) is 18.2 Å². The van der Waals surface area contributed by atoms with E-state index in [9.17, 15) is 19.2 Å². The van der Waals surface area contributed by atoms with Crippen molar-refractivity contribution in [1.29, 1.82) is 0 Å². The molecule has 3 aromatic rings. The maximum atomic E-state index is 13.1. The largest absolute Gasteiger partial charge is 0.465 e. The van der Waals surface area contributed by atoms with Crippen molar-refractivity contribution in [2.45, 2.75) is 45.7 Å². The van der Waals surface area contributed by atoms with Crippen LogP contribution >= 0.6 is 0 Å². The van der Waals surface area contributed by atoms with Gasteiger partial charge < -0.3 is 29.6 Å². The number of para-hydroxylation sites is 1. The number of hydrogen-bond acceptors (Lipinski definition) is 6. The number of nitrogens with zero attached hydrogens (tertiary/aromatic N) is 3. The molecule has 202 valence electrons. The smallest absolute Gasteiger partial charge is 0.405 e. The molecule has 1 unspecified atom stereocenters. The lowest BCUT2D eigenvalue weighted by atomic mass is 10.0. The maximum absolute atomic E-state index is 13.1. The number of hydrogen-bond donors (Lipinski definition) is 3. The molecule has 0 bridgehead atoms. The zero-order valence-electron chi connectivity index (χ0n) is 21.9. The Morgan fingerprint density at radius 3 is 2.63 bits per heavy atom. The first-order valence-electron chi connectivity index (χ1n) is 12.3. The Morgan fingerprint density at radius 1 is 1.18 bits per heavy atom. The summed E-state index contributed by atoms with van der Waals surface area (Å²) in [4.78, 5) is 54.8. The molecule has 1 aromatic carbocycles. The number of aromatic nitrogens is 2. The number of likely N-dealkylation sites (N-methyl/N-ethyl adjacent to an activating group) is 1. The van der Waals surface area contributed by atoms with Gasteiger partial charge in [-0.2, -0.15) is 0 Å². The van der Waals surface area contributed by atoms with Crippen LogP contribution < -0.4 is 16.2 Å². The average Bonchev–Trinajstić information content (AvgIpc) is 3.26. The van der Waals surface area contributed by atoms with Crippen molar-refractivity contribution < 1.29 is 23.9 Å². The summed E-state index contributed by atoms with van der Waals surface area (Å²) in [5.41, 5.74) is 1.97. The molecular weight excluding hydrogens is 490 g/mol. The van der Waals surface area contributed by atoms with Crippen LogP contribution in [-0.4, -0.2) is 57.6 Å². The molecule has 0 aliphatic heterocycles. The SMILES string of the molecule is CC(C)Cc1cccc2oc(Cn3cccc(NC(=O)C(CCC=CC(=O)N(C)C)NC(=O)O)c3=O)nc12. The zero-order chi connectivity index (χ0) is 27.8. The number of carbonyl (C=O) groups excluding carboxylic acids is 2. The Labute approximate surface area is 220 Å². The Bertz CT molecular complexity index is 1390. The summed E-state index contributed by atoms with van der Waals surface area (Å²) in [7, 11) is 3.21. The third kappa shape index (κ3) is 7.55. The molecule has 0 aliphatic carbocycles. The molecule has 0 saturated carbocycles.